The van der Waals surface area contributed by atoms with Crippen LogP contribution in [0.4, 0.5) is 0 Å². The summed E-state index contributed by atoms with van der Waals surface area (Å²) in [7, 11) is 0. The molecule has 2 atom stereocenters. The summed E-state index contributed by atoms with van der Waals surface area (Å²) in [6.07, 6.45) is 0.274. The van der Waals surface area contributed by atoms with Crippen molar-refractivity contribution in [2.24, 2.45) is 0 Å². The molecule has 144 valence electrons. The predicted molar refractivity (Wildman–Crippen MR) is 105 cm³/mol. The Hall–Kier alpha value is -1.63. The highest BCUT2D eigenvalue weighted by atomic mass is 35.5. The Kier molecular flexibility index (Phi) is 6.73. The molecule has 1 fully saturated rings. The summed E-state index contributed by atoms with van der Waals surface area (Å²) in [6, 6.07) is 13.9. The van der Waals surface area contributed by atoms with E-state index in [-0.39, 0.29) is 12.5 Å². The molecule has 2 aromatic carbocycles. The van der Waals surface area contributed by atoms with Gasteiger partial charge in [0, 0.05) is 19.6 Å². The number of carbonyl (C=O) groups excluding carboxylic acids is 1. The molecule has 0 aromatic heterocycles. The Morgan fingerprint density at radius 2 is 1.93 bits per heavy atom. The third kappa shape index (κ3) is 5.00. The van der Waals surface area contributed by atoms with E-state index in [0.29, 0.717) is 35.1 Å². The quantitative estimate of drug-likeness (QED) is 0.566. The summed E-state index contributed by atoms with van der Waals surface area (Å²) in [5.74, 6) is -0.465. The number of amides is 1. The van der Waals surface area contributed by atoms with Crippen LogP contribution in [0.15, 0.2) is 48.5 Å². The lowest BCUT2D eigenvalue weighted by atomic mass is 10.0. The molecule has 1 heterocycles. The average Bonchev–Trinajstić information content (AvgIpc) is 3.08. The number of hydrogen-bond acceptors (Lipinski definition) is 4. The lowest BCUT2D eigenvalue weighted by molar-refractivity contribution is -0.177. The monoisotopic (exact) mass is 408 g/mol. The Morgan fingerprint density at radius 3 is 2.59 bits per heavy atom. The minimum Gasteiger partial charge on any atom is -0.392 e. The van der Waals surface area contributed by atoms with Crippen LogP contribution in [0, 0.1) is 0 Å². The third-order valence-electron chi connectivity index (χ3n) is 4.79. The van der Waals surface area contributed by atoms with E-state index < -0.39 is 11.9 Å². The fourth-order valence-corrected chi connectivity index (χ4v) is 3.71. The zero-order valence-electron chi connectivity index (χ0n) is 14.8. The van der Waals surface area contributed by atoms with Crippen molar-refractivity contribution >= 4 is 29.1 Å². The SMILES string of the molecule is O=C(Cc1cccc(Cl)c1Cl)N(O)C(CN1CCC(O)C1)c1ccccc1. The van der Waals surface area contributed by atoms with E-state index in [1.165, 1.54) is 0 Å². The lowest BCUT2D eigenvalue weighted by Gasteiger charge is -2.30. The van der Waals surface area contributed by atoms with Gasteiger partial charge in [0.2, 0.25) is 0 Å². The number of hydroxylamine groups is 2. The molecule has 0 radical (unpaired) electrons. The van der Waals surface area contributed by atoms with Crippen molar-refractivity contribution in [2.75, 3.05) is 19.6 Å². The molecule has 27 heavy (non-hydrogen) atoms. The second-order valence-corrected chi connectivity index (χ2v) is 7.54. The molecule has 1 amide bonds. The van der Waals surface area contributed by atoms with Crippen LogP contribution in [-0.2, 0) is 11.2 Å². The topological polar surface area (TPSA) is 64.0 Å². The average molecular weight is 409 g/mol. The van der Waals surface area contributed by atoms with Crippen LogP contribution in [-0.4, -0.2) is 51.9 Å². The Labute approximate surface area is 168 Å². The molecule has 5 nitrogen and oxygen atoms in total. The van der Waals surface area contributed by atoms with Crippen molar-refractivity contribution in [3.63, 3.8) is 0 Å². The van der Waals surface area contributed by atoms with E-state index in [1.54, 1.807) is 18.2 Å². The molecular weight excluding hydrogens is 387 g/mol. The molecule has 0 spiro atoms. The van der Waals surface area contributed by atoms with Gasteiger partial charge in [-0.25, -0.2) is 5.06 Å². The predicted octanol–water partition coefficient (Wildman–Crippen LogP) is 3.56. The highest BCUT2D eigenvalue weighted by Gasteiger charge is 2.29. The molecule has 1 saturated heterocycles. The molecule has 2 aromatic rings. The molecule has 7 heteroatoms. The Bertz CT molecular complexity index is 788. The van der Waals surface area contributed by atoms with Crippen LogP contribution in [0.25, 0.3) is 0 Å². The summed E-state index contributed by atoms with van der Waals surface area (Å²) < 4.78 is 0. The van der Waals surface area contributed by atoms with Gasteiger partial charge in [-0.3, -0.25) is 14.9 Å². The molecule has 0 aliphatic carbocycles. The van der Waals surface area contributed by atoms with E-state index in [1.807, 2.05) is 35.2 Å². The summed E-state index contributed by atoms with van der Waals surface area (Å²) in [6.45, 7) is 1.70. The van der Waals surface area contributed by atoms with Gasteiger partial charge in [-0.1, -0.05) is 65.7 Å². The number of aliphatic hydroxyl groups is 1. The van der Waals surface area contributed by atoms with Crippen LogP contribution in [0.1, 0.15) is 23.6 Å². The van der Waals surface area contributed by atoms with Gasteiger partial charge in [-0.2, -0.15) is 0 Å². The van der Waals surface area contributed by atoms with Crippen molar-refractivity contribution in [2.45, 2.75) is 25.0 Å². The van der Waals surface area contributed by atoms with Gasteiger partial charge in [0.15, 0.2) is 0 Å². The number of hydrogen-bond donors (Lipinski definition) is 2. The van der Waals surface area contributed by atoms with E-state index in [2.05, 4.69) is 0 Å². The molecule has 3 rings (SSSR count). The fourth-order valence-electron chi connectivity index (χ4n) is 3.32. The van der Waals surface area contributed by atoms with Crippen LogP contribution in [0.5, 0.6) is 0 Å². The number of benzene rings is 2. The first-order valence-corrected chi connectivity index (χ1v) is 9.60. The number of rotatable bonds is 6. The summed E-state index contributed by atoms with van der Waals surface area (Å²) in [5.41, 5.74) is 1.39. The minimum absolute atomic E-state index is 0.0537. The fraction of sp³-hybridized carbons (Fsp3) is 0.350. The van der Waals surface area contributed by atoms with Crippen molar-refractivity contribution in [1.82, 2.24) is 9.96 Å². The van der Waals surface area contributed by atoms with Crippen molar-refractivity contribution in [1.29, 1.82) is 0 Å². The second-order valence-electron chi connectivity index (χ2n) is 6.76. The first-order chi connectivity index (χ1) is 13.0. The van der Waals surface area contributed by atoms with Gasteiger partial charge in [-0.05, 0) is 23.6 Å². The zero-order chi connectivity index (χ0) is 19.4. The molecule has 0 saturated carbocycles. The number of nitrogens with zero attached hydrogens (tertiary/aromatic N) is 2. The molecule has 0 bridgehead atoms. The number of β-amino-alcohol motifs (C(OH)–C–C–N with tert-alkyl or cyclic N) is 1. The number of likely N-dealkylation sites (tertiary alicyclic amines) is 1. The molecule has 1 aliphatic heterocycles. The Balaban J connectivity index is 1.78. The molecular formula is C20H22Cl2N2O3. The van der Waals surface area contributed by atoms with Gasteiger partial charge in [0.1, 0.15) is 0 Å². The van der Waals surface area contributed by atoms with Crippen LogP contribution < -0.4 is 0 Å². The maximum atomic E-state index is 12.7. The largest absolute Gasteiger partial charge is 0.392 e. The standard InChI is InChI=1S/C20H22Cl2N2O3/c21-17-8-4-7-15(20(17)22)11-19(26)24(27)18(14-5-2-1-3-6-14)13-23-10-9-16(25)12-23/h1-8,16,18,25,27H,9-13H2. The minimum atomic E-state index is -0.540. The normalized spacial score (nSPS) is 18.4. The zero-order valence-corrected chi connectivity index (χ0v) is 16.3. The van der Waals surface area contributed by atoms with Gasteiger partial charge in [0.05, 0.1) is 28.6 Å². The van der Waals surface area contributed by atoms with Gasteiger partial charge < -0.3 is 5.11 Å². The highest BCUT2D eigenvalue weighted by molar-refractivity contribution is 6.42. The maximum Gasteiger partial charge on any atom is 0.251 e. The summed E-state index contributed by atoms with van der Waals surface area (Å²) in [5, 5.41) is 21.9. The van der Waals surface area contributed by atoms with Crippen LogP contribution in [0.2, 0.25) is 10.0 Å². The van der Waals surface area contributed by atoms with Crippen LogP contribution >= 0.6 is 23.2 Å². The number of aliphatic hydroxyl groups excluding tert-OH is 1. The van der Waals surface area contributed by atoms with E-state index in [9.17, 15) is 15.1 Å². The summed E-state index contributed by atoms with van der Waals surface area (Å²) >= 11 is 12.2. The van der Waals surface area contributed by atoms with Crippen LogP contribution in [0.3, 0.4) is 0 Å². The first-order valence-electron chi connectivity index (χ1n) is 8.85. The molecule has 2 N–H and O–H groups in total. The smallest absolute Gasteiger partial charge is 0.251 e. The Morgan fingerprint density at radius 1 is 1.19 bits per heavy atom. The number of carbonyl (C=O) groups is 1. The van der Waals surface area contributed by atoms with E-state index in [0.717, 1.165) is 17.2 Å². The second kappa shape index (κ2) is 9.04. The van der Waals surface area contributed by atoms with Crippen molar-refractivity contribution < 1.29 is 15.1 Å². The molecule has 1 aliphatic rings. The first kappa shape index (κ1) is 20.1. The number of halogens is 2. The molecule has 2 unspecified atom stereocenters. The van der Waals surface area contributed by atoms with Gasteiger partial charge in [0.25, 0.3) is 5.91 Å². The highest BCUT2D eigenvalue weighted by Crippen LogP contribution is 2.28. The van der Waals surface area contributed by atoms with Crippen molar-refractivity contribution in [3.8, 4) is 0 Å². The van der Waals surface area contributed by atoms with E-state index in [4.69, 9.17) is 23.2 Å². The third-order valence-corrected chi connectivity index (χ3v) is 5.65. The van der Waals surface area contributed by atoms with Gasteiger partial charge in [-0.15, -0.1) is 0 Å². The van der Waals surface area contributed by atoms with Gasteiger partial charge >= 0.3 is 0 Å². The summed E-state index contributed by atoms with van der Waals surface area (Å²) in [4.78, 5) is 14.8. The maximum absolute atomic E-state index is 12.7. The lowest BCUT2D eigenvalue weighted by Crippen LogP contribution is -2.40. The van der Waals surface area contributed by atoms with E-state index >= 15 is 0 Å². The van der Waals surface area contributed by atoms with Crippen molar-refractivity contribution in [3.05, 3.63) is 69.7 Å².